The van der Waals surface area contributed by atoms with Crippen LogP contribution in [0.2, 0.25) is 0 Å². The Morgan fingerprint density at radius 3 is 2.69 bits per heavy atom. The summed E-state index contributed by atoms with van der Waals surface area (Å²) in [5.74, 6) is 0.286. The Morgan fingerprint density at radius 2 is 1.90 bits per heavy atom. The van der Waals surface area contributed by atoms with Crippen LogP contribution in [0.15, 0.2) is 60.8 Å². The van der Waals surface area contributed by atoms with Gasteiger partial charge in [0.2, 0.25) is 11.9 Å². The second-order valence-corrected chi connectivity index (χ2v) is 11.4. The average Bonchev–Trinajstić information content (AvgIpc) is 3.75. The number of carbonyl (C=O) groups excluding carboxylic acids is 2. The molecule has 10 heteroatoms. The van der Waals surface area contributed by atoms with Crippen molar-refractivity contribution in [1.29, 1.82) is 0 Å². The first-order valence-electron chi connectivity index (χ1n) is 14.5. The fraction of sp³-hybridized carbons (Fsp3) is 0.406. The maximum Gasteiger partial charge on any atom is 0.240 e. The first kappa shape index (κ1) is 28.0. The zero-order valence-corrected chi connectivity index (χ0v) is 23.9. The Labute approximate surface area is 244 Å². The molecule has 1 N–H and O–H groups in total. The SMILES string of the molecule is COc1ccc(C[C@@H]2C[C@@H](C(=O)CCc3ccc4c(c3)nnn4C)N(C(=O)[C@H]3CC(c4cccnc4F)CN3)C2)cc1. The zero-order chi connectivity index (χ0) is 29.2. The molecule has 2 aliphatic rings. The highest BCUT2D eigenvalue weighted by atomic mass is 19.1. The number of carbonyl (C=O) groups is 2. The number of hydrogen-bond acceptors (Lipinski definition) is 7. The summed E-state index contributed by atoms with van der Waals surface area (Å²) >= 11 is 0. The van der Waals surface area contributed by atoms with Gasteiger partial charge in [0, 0.05) is 44.2 Å². The number of likely N-dealkylation sites (tertiary alicyclic amines) is 1. The van der Waals surface area contributed by atoms with E-state index in [9.17, 15) is 14.0 Å². The van der Waals surface area contributed by atoms with Gasteiger partial charge >= 0.3 is 0 Å². The highest BCUT2D eigenvalue weighted by Crippen LogP contribution is 2.33. The van der Waals surface area contributed by atoms with Crippen LogP contribution >= 0.6 is 0 Å². The first-order valence-corrected chi connectivity index (χ1v) is 14.5. The monoisotopic (exact) mass is 570 g/mol. The molecule has 9 nitrogen and oxygen atoms in total. The average molecular weight is 571 g/mol. The van der Waals surface area contributed by atoms with E-state index >= 15 is 0 Å². The van der Waals surface area contributed by atoms with Gasteiger partial charge in [-0.15, -0.1) is 5.10 Å². The number of benzene rings is 2. The smallest absolute Gasteiger partial charge is 0.240 e. The summed E-state index contributed by atoms with van der Waals surface area (Å²) in [6.45, 7) is 1.00. The van der Waals surface area contributed by atoms with Crippen LogP contribution in [0.25, 0.3) is 11.0 Å². The van der Waals surface area contributed by atoms with Crippen LogP contribution in [0.5, 0.6) is 5.75 Å². The number of ether oxygens (including phenoxy) is 1. The largest absolute Gasteiger partial charge is 0.497 e. The van der Waals surface area contributed by atoms with Crippen molar-refractivity contribution in [3.05, 3.63) is 83.4 Å². The van der Waals surface area contributed by atoms with Crippen LogP contribution in [0.3, 0.4) is 0 Å². The minimum Gasteiger partial charge on any atom is -0.497 e. The fourth-order valence-electron chi connectivity index (χ4n) is 6.45. The summed E-state index contributed by atoms with van der Waals surface area (Å²) in [6.07, 6.45) is 4.18. The number of rotatable bonds is 9. The zero-order valence-electron chi connectivity index (χ0n) is 23.9. The van der Waals surface area contributed by atoms with Crippen molar-refractivity contribution in [1.82, 2.24) is 30.2 Å². The molecule has 2 fully saturated rings. The number of pyridine rings is 1. The molecule has 1 amide bonds. The normalized spacial score (nSPS) is 22.1. The number of amides is 1. The van der Waals surface area contributed by atoms with Gasteiger partial charge < -0.3 is 15.0 Å². The number of Topliss-reactive ketones (excluding diaryl/α,β-unsaturated/α-hetero) is 1. The third kappa shape index (κ3) is 5.76. The van der Waals surface area contributed by atoms with Crippen molar-refractivity contribution < 1.29 is 18.7 Å². The van der Waals surface area contributed by atoms with Gasteiger partial charge in [-0.25, -0.2) is 9.67 Å². The molecule has 4 aromatic rings. The standard InChI is InChI=1S/C32H35FN6O3/c1-38-28-11-7-21(15-26(28)36-37-38)8-12-30(40)29-16-22(14-20-5-9-24(42-2)10-6-20)19-39(29)32(41)27-17-23(18-35-27)25-4-3-13-34-31(25)33/h3-7,9-11,13,15,22-23,27,29,35H,8,12,14,16-19H2,1-2H3/t22-,23?,27-,29+/m1/s1. The topological polar surface area (TPSA) is 102 Å². The molecule has 218 valence electrons. The second-order valence-electron chi connectivity index (χ2n) is 11.4. The molecule has 42 heavy (non-hydrogen) atoms. The lowest BCUT2D eigenvalue weighted by Gasteiger charge is -2.27. The molecule has 6 rings (SSSR count). The minimum atomic E-state index is -0.495. The van der Waals surface area contributed by atoms with Crippen molar-refractivity contribution in [2.24, 2.45) is 13.0 Å². The van der Waals surface area contributed by atoms with E-state index in [0.29, 0.717) is 44.3 Å². The fourth-order valence-corrected chi connectivity index (χ4v) is 6.45. The van der Waals surface area contributed by atoms with E-state index in [2.05, 4.69) is 20.6 Å². The Bertz CT molecular complexity index is 1590. The van der Waals surface area contributed by atoms with E-state index < -0.39 is 18.0 Å². The Balaban J connectivity index is 1.17. The van der Waals surface area contributed by atoms with Gasteiger partial charge in [-0.05, 0) is 73.1 Å². The van der Waals surface area contributed by atoms with E-state index in [0.717, 1.165) is 34.3 Å². The molecule has 4 atom stereocenters. The molecule has 2 aromatic heterocycles. The number of aromatic nitrogens is 4. The third-order valence-electron chi connectivity index (χ3n) is 8.72. The number of nitrogens with zero attached hydrogens (tertiary/aromatic N) is 5. The molecular formula is C32H35FN6O3. The number of ketones is 1. The molecule has 0 spiro atoms. The number of methoxy groups -OCH3 is 1. The van der Waals surface area contributed by atoms with Crippen molar-refractivity contribution in [2.75, 3.05) is 20.2 Å². The molecule has 2 saturated heterocycles. The third-order valence-corrected chi connectivity index (χ3v) is 8.72. The predicted molar refractivity (Wildman–Crippen MR) is 155 cm³/mol. The van der Waals surface area contributed by atoms with Crippen LogP contribution in [0.4, 0.5) is 4.39 Å². The molecular weight excluding hydrogens is 535 g/mol. The van der Waals surface area contributed by atoms with Crippen molar-refractivity contribution in [3.63, 3.8) is 0 Å². The highest BCUT2D eigenvalue weighted by Gasteiger charge is 2.43. The molecule has 0 aliphatic carbocycles. The quantitative estimate of drug-likeness (QED) is 0.307. The van der Waals surface area contributed by atoms with Gasteiger partial charge in [-0.3, -0.25) is 9.59 Å². The van der Waals surface area contributed by atoms with Crippen LogP contribution in [0, 0.1) is 11.9 Å². The minimum absolute atomic E-state index is 0.0627. The summed E-state index contributed by atoms with van der Waals surface area (Å²) < 4.78 is 21.4. The van der Waals surface area contributed by atoms with Gasteiger partial charge in [-0.1, -0.05) is 29.5 Å². The van der Waals surface area contributed by atoms with Gasteiger partial charge in [0.15, 0.2) is 5.78 Å². The van der Waals surface area contributed by atoms with Crippen LogP contribution < -0.4 is 10.1 Å². The molecule has 0 saturated carbocycles. The van der Waals surface area contributed by atoms with Crippen LogP contribution in [-0.4, -0.2) is 68.9 Å². The van der Waals surface area contributed by atoms with Crippen molar-refractivity contribution in [2.45, 2.75) is 50.1 Å². The van der Waals surface area contributed by atoms with Gasteiger partial charge in [-0.2, -0.15) is 4.39 Å². The molecule has 0 radical (unpaired) electrons. The number of nitrogens with one attached hydrogen (secondary N) is 1. The lowest BCUT2D eigenvalue weighted by atomic mass is 9.94. The lowest BCUT2D eigenvalue weighted by Crippen LogP contribution is -2.48. The van der Waals surface area contributed by atoms with Crippen LogP contribution in [-0.2, 0) is 29.5 Å². The Kier molecular flexibility index (Phi) is 7.97. The Hall–Kier alpha value is -4.18. The molecule has 0 bridgehead atoms. The molecule has 2 aliphatic heterocycles. The second kappa shape index (κ2) is 12.0. The number of aryl methyl sites for hydroxylation is 2. The molecule has 4 heterocycles. The predicted octanol–water partition coefficient (Wildman–Crippen LogP) is 3.62. The summed E-state index contributed by atoms with van der Waals surface area (Å²) in [5, 5.41) is 11.5. The van der Waals surface area contributed by atoms with Crippen molar-refractivity contribution >= 4 is 22.7 Å². The first-order chi connectivity index (χ1) is 20.4. The summed E-state index contributed by atoms with van der Waals surface area (Å²) in [7, 11) is 3.49. The summed E-state index contributed by atoms with van der Waals surface area (Å²) in [4.78, 5) is 33.2. The summed E-state index contributed by atoms with van der Waals surface area (Å²) in [5.41, 5.74) is 4.41. The molecule has 2 aromatic carbocycles. The van der Waals surface area contributed by atoms with E-state index in [1.807, 2.05) is 49.5 Å². The highest BCUT2D eigenvalue weighted by molar-refractivity contribution is 5.92. The molecule has 1 unspecified atom stereocenters. The lowest BCUT2D eigenvalue weighted by molar-refractivity contribution is -0.139. The van der Waals surface area contributed by atoms with Crippen LogP contribution in [0.1, 0.15) is 41.9 Å². The number of hydrogen-bond donors (Lipinski definition) is 1. The van der Waals surface area contributed by atoms with E-state index in [1.54, 1.807) is 28.8 Å². The summed E-state index contributed by atoms with van der Waals surface area (Å²) in [6, 6.07) is 16.4. The van der Waals surface area contributed by atoms with E-state index in [-0.39, 0.29) is 23.5 Å². The maximum absolute atomic E-state index is 14.4. The van der Waals surface area contributed by atoms with Crippen molar-refractivity contribution in [3.8, 4) is 5.75 Å². The van der Waals surface area contributed by atoms with Gasteiger partial charge in [0.25, 0.3) is 0 Å². The maximum atomic E-state index is 14.4. The van der Waals surface area contributed by atoms with E-state index in [1.165, 1.54) is 6.20 Å². The number of halogens is 1. The van der Waals surface area contributed by atoms with E-state index in [4.69, 9.17) is 4.74 Å². The van der Waals surface area contributed by atoms with Gasteiger partial charge in [0.05, 0.1) is 24.7 Å². The number of fused-ring (bicyclic) bond motifs is 1. The Morgan fingerprint density at radius 1 is 1.10 bits per heavy atom. The van der Waals surface area contributed by atoms with Gasteiger partial charge in [0.1, 0.15) is 11.3 Å².